The van der Waals surface area contributed by atoms with Crippen molar-refractivity contribution in [2.24, 2.45) is 0 Å². The van der Waals surface area contributed by atoms with E-state index in [0.29, 0.717) is 35.3 Å². The minimum absolute atomic E-state index is 0.249. The molecule has 180 valence electrons. The number of amides is 1. The van der Waals surface area contributed by atoms with E-state index in [2.05, 4.69) is 32.4 Å². The molecule has 3 heterocycles. The lowest BCUT2D eigenvalue weighted by Crippen LogP contribution is -2.35. The number of hydrogen-bond donors (Lipinski definition) is 1. The van der Waals surface area contributed by atoms with Crippen molar-refractivity contribution in [1.82, 2.24) is 19.2 Å². The molecule has 0 radical (unpaired) electrons. The highest BCUT2D eigenvalue weighted by Crippen LogP contribution is 2.26. The number of hydrogen-bond acceptors (Lipinski definition) is 7. The summed E-state index contributed by atoms with van der Waals surface area (Å²) >= 11 is 0. The highest BCUT2D eigenvalue weighted by molar-refractivity contribution is 5.91. The molecule has 4 aromatic rings. The summed E-state index contributed by atoms with van der Waals surface area (Å²) in [6.07, 6.45) is 0.864. The van der Waals surface area contributed by atoms with Crippen LogP contribution >= 0.6 is 0 Å². The third kappa shape index (κ3) is 4.42. The molecule has 2 aromatic heterocycles. The van der Waals surface area contributed by atoms with Crippen molar-refractivity contribution < 1.29 is 14.3 Å². The zero-order valence-corrected chi connectivity index (χ0v) is 19.8. The van der Waals surface area contributed by atoms with Crippen molar-refractivity contribution in [2.45, 2.75) is 26.4 Å². The van der Waals surface area contributed by atoms with E-state index in [1.807, 2.05) is 19.1 Å². The monoisotopic (exact) mass is 474 g/mol. The number of methoxy groups -OCH3 is 2. The summed E-state index contributed by atoms with van der Waals surface area (Å²) in [4.78, 5) is 32.8. The van der Waals surface area contributed by atoms with Crippen LogP contribution in [-0.4, -0.2) is 45.8 Å². The smallest absolute Gasteiger partial charge is 0.353 e. The second-order valence-corrected chi connectivity index (χ2v) is 8.42. The van der Waals surface area contributed by atoms with Crippen LogP contribution in [-0.2, 0) is 24.3 Å². The van der Waals surface area contributed by atoms with E-state index >= 15 is 0 Å². The van der Waals surface area contributed by atoms with Crippen LogP contribution in [0.3, 0.4) is 0 Å². The van der Waals surface area contributed by atoms with Gasteiger partial charge in [0, 0.05) is 48.7 Å². The first-order valence-corrected chi connectivity index (χ1v) is 11.3. The van der Waals surface area contributed by atoms with Gasteiger partial charge in [-0.1, -0.05) is 24.3 Å². The van der Waals surface area contributed by atoms with Gasteiger partial charge in [-0.15, -0.1) is 5.10 Å². The Morgan fingerprint density at radius 1 is 1.06 bits per heavy atom. The number of aromatic nitrogens is 4. The quantitative estimate of drug-likeness (QED) is 0.458. The number of benzene rings is 2. The van der Waals surface area contributed by atoms with Gasteiger partial charge in [-0.3, -0.25) is 4.79 Å². The molecule has 5 rings (SSSR count). The summed E-state index contributed by atoms with van der Waals surface area (Å²) in [5.74, 6) is 1.21. The first-order chi connectivity index (χ1) is 16.9. The average Bonchev–Trinajstić information content (AvgIpc) is 3.17. The zero-order valence-electron chi connectivity index (χ0n) is 19.8. The molecule has 10 heteroatoms. The molecule has 0 saturated carbocycles. The molecule has 2 aromatic carbocycles. The standard InChI is InChI=1S/C25H26N6O4/c1-16-10-22-28-30(15-23(32)27-19-11-20(34-2)13-21(12-19)35-3)25(33)31(22)24(26-16)29-9-8-17-6-4-5-7-18(17)14-29/h4-7,10-13H,8-9,14-15H2,1-3H3,(H,27,32). The Labute approximate surface area is 201 Å². The van der Waals surface area contributed by atoms with E-state index in [0.717, 1.165) is 23.3 Å². The van der Waals surface area contributed by atoms with Crippen molar-refractivity contribution in [1.29, 1.82) is 0 Å². The predicted molar refractivity (Wildman–Crippen MR) is 131 cm³/mol. The van der Waals surface area contributed by atoms with Crippen molar-refractivity contribution >= 4 is 23.2 Å². The van der Waals surface area contributed by atoms with Crippen LogP contribution in [0.25, 0.3) is 5.65 Å². The van der Waals surface area contributed by atoms with Gasteiger partial charge in [0.25, 0.3) is 0 Å². The van der Waals surface area contributed by atoms with Gasteiger partial charge in [0.2, 0.25) is 11.9 Å². The molecular formula is C25H26N6O4. The molecule has 1 N–H and O–H groups in total. The number of fused-ring (bicyclic) bond motifs is 2. The van der Waals surface area contributed by atoms with E-state index in [4.69, 9.17) is 9.47 Å². The van der Waals surface area contributed by atoms with Crippen molar-refractivity contribution in [2.75, 3.05) is 31.0 Å². The van der Waals surface area contributed by atoms with E-state index in [1.165, 1.54) is 29.7 Å². The number of ether oxygens (including phenoxy) is 2. The van der Waals surface area contributed by atoms with Gasteiger partial charge in [0.05, 0.1) is 14.2 Å². The summed E-state index contributed by atoms with van der Waals surface area (Å²) in [6.45, 7) is 3.00. The molecule has 0 atom stereocenters. The van der Waals surface area contributed by atoms with Crippen LogP contribution in [0.1, 0.15) is 16.8 Å². The summed E-state index contributed by atoms with van der Waals surface area (Å²) in [5.41, 5.74) is 3.79. The Morgan fingerprint density at radius 2 is 1.77 bits per heavy atom. The molecule has 0 fully saturated rings. The first kappa shape index (κ1) is 22.5. The Morgan fingerprint density at radius 3 is 2.49 bits per heavy atom. The van der Waals surface area contributed by atoms with Crippen LogP contribution < -0.4 is 25.4 Å². The van der Waals surface area contributed by atoms with E-state index in [9.17, 15) is 9.59 Å². The maximum atomic E-state index is 13.3. The lowest BCUT2D eigenvalue weighted by atomic mass is 10.0. The summed E-state index contributed by atoms with van der Waals surface area (Å²) in [5, 5.41) is 7.19. The van der Waals surface area contributed by atoms with Gasteiger partial charge < -0.3 is 19.7 Å². The van der Waals surface area contributed by atoms with Crippen LogP contribution in [0.2, 0.25) is 0 Å². The summed E-state index contributed by atoms with van der Waals surface area (Å²) in [7, 11) is 3.07. The Bertz CT molecular complexity index is 1450. The van der Waals surface area contributed by atoms with Gasteiger partial charge in [-0.05, 0) is 24.5 Å². The van der Waals surface area contributed by atoms with E-state index in [-0.39, 0.29) is 6.54 Å². The van der Waals surface area contributed by atoms with Crippen molar-refractivity contribution in [3.05, 3.63) is 75.8 Å². The topological polar surface area (TPSA) is 103 Å². The Kier molecular flexibility index (Phi) is 5.86. The molecule has 10 nitrogen and oxygen atoms in total. The predicted octanol–water partition coefficient (Wildman–Crippen LogP) is 2.42. The number of rotatable bonds is 6. The van der Waals surface area contributed by atoms with Crippen LogP contribution in [0.5, 0.6) is 11.5 Å². The normalized spacial score (nSPS) is 12.9. The number of aryl methyl sites for hydroxylation is 1. The highest BCUT2D eigenvalue weighted by Gasteiger charge is 2.23. The number of carbonyl (C=O) groups excluding carboxylic acids is 1. The largest absolute Gasteiger partial charge is 0.497 e. The minimum Gasteiger partial charge on any atom is -0.497 e. The maximum absolute atomic E-state index is 13.3. The fourth-order valence-corrected chi connectivity index (χ4v) is 4.33. The van der Waals surface area contributed by atoms with Gasteiger partial charge in [0.1, 0.15) is 18.0 Å². The van der Waals surface area contributed by atoms with Gasteiger partial charge in [0.15, 0.2) is 5.65 Å². The second-order valence-electron chi connectivity index (χ2n) is 8.42. The van der Waals surface area contributed by atoms with Gasteiger partial charge in [-0.2, -0.15) is 0 Å². The molecule has 0 saturated heterocycles. The Balaban J connectivity index is 1.43. The fourth-order valence-electron chi connectivity index (χ4n) is 4.33. The third-order valence-corrected chi connectivity index (χ3v) is 6.02. The van der Waals surface area contributed by atoms with Crippen molar-refractivity contribution in [3.63, 3.8) is 0 Å². The molecule has 0 spiro atoms. The molecule has 0 bridgehead atoms. The second kappa shape index (κ2) is 9.13. The minimum atomic E-state index is -0.417. The molecule has 0 aliphatic carbocycles. The highest BCUT2D eigenvalue weighted by atomic mass is 16.5. The average molecular weight is 475 g/mol. The molecule has 1 amide bonds. The lowest BCUT2D eigenvalue weighted by Gasteiger charge is -2.29. The maximum Gasteiger partial charge on any atom is 0.353 e. The summed E-state index contributed by atoms with van der Waals surface area (Å²) < 4.78 is 13.1. The summed E-state index contributed by atoms with van der Waals surface area (Å²) in [6, 6.07) is 15.1. The number of carbonyl (C=O) groups is 1. The molecule has 35 heavy (non-hydrogen) atoms. The molecule has 1 aliphatic heterocycles. The van der Waals surface area contributed by atoms with E-state index in [1.54, 1.807) is 24.3 Å². The van der Waals surface area contributed by atoms with Crippen LogP contribution in [0.15, 0.2) is 53.3 Å². The third-order valence-electron chi connectivity index (χ3n) is 6.02. The molecular weight excluding hydrogens is 448 g/mol. The molecule has 0 unspecified atom stereocenters. The van der Waals surface area contributed by atoms with E-state index < -0.39 is 11.6 Å². The number of nitrogens with zero attached hydrogens (tertiary/aromatic N) is 5. The molecule has 1 aliphatic rings. The number of nitrogens with one attached hydrogen (secondary N) is 1. The Hall–Kier alpha value is -4.34. The number of anilines is 2. The first-order valence-electron chi connectivity index (χ1n) is 11.3. The van der Waals surface area contributed by atoms with Crippen molar-refractivity contribution in [3.8, 4) is 11.5 Å². The van der Waals surface area contributed by atoms with Crippen LogP contribution in [0, 0.1) is 6.92 Å². The lowest BCUT2D eigenvalue weighted by molar-refractivity contribution is -0.117. The van der Waals surface area contributed by atoms with Crippen LogP contribution in [0.4, 0.5) is 11.6 Å². The fraction of sp³-hybridized carbons (Fsp3) is 0.280. The van der Waals surface area contributed by atoms with Gasteiger partial charge >= 0.3 is 5.69 Å². The van der Waals surface area contributed by atoms with Gasteiger partial charge in [-0.25, -0.2) is 18.9 Å². The zero-order chi connectivity index (χ0) is 24.5. The SMILES string of the molecule is COc1cc(NC(=O)Cn2nc3cc(C)nc(N4CCc5ccccc5C4)n3c2=O)cc(OC)c1.